The highest BCUT2D eigenvalue weighted by molar-refractivity contribution is 14.1. The van der Waals surface area contributed by atoms with Crippen LogP contribution in [0.3, 0.4) is 0 Å². The lowest BCUT2D eigenvalue weighted by molar-refractivity contribution is -0.121. The fraction of sp³-hybridized carbons (Fsp3) is 0.500. The third-order valence-corrected chi connectivity index (χ3v) is 3.45. The van der Waals surface area contributed by atoms with Gasteiger partial charge in [-0.25, -0.2) is 0 Å². The number of benzene rings is 1. The second-order valence-electron chi connectivity index (χ2n) is 4.91. The predicted molar refractivity (Wildman–Crippen MR) is 82.7 cm³/mol. The van der Waals surface area contributed by atoms with Crippen LogP contribution in [0, 0.1) is 9.49 Å². The molecule has 104 valence electrons. The van der Waals surface area contributed by atoms with E-state index in [0.29, 0.717) is 19.1 Å². The molecule has 0 fully saturated rings. The number of anilines is 1. The SMILES string of the molecule is CC(C)COCCN1C(=O)COc2ccc(I)cc21. The first-order chi connectivity index (χ1) is 9.08. The van der Waals surface area contributed by atoms with E-state index < -0.39 is 0 Å². The van der Waals surface area contributed by atoms with Gasteiger partial charge in [-0.05, 0) is 46.7 Å². The summed E-state index contributed by atoms with van der Waals surface area (Å²) in [5.41, 5.74) is 0.844. The van der Waals surface area contributed by atoms with Gasteiger partial charge in [-0.3, -0.25) is 4.79 Å². The zero-order valence-electron chi connectivity index (χ0n) is 11.2. The van der Waals surface area contributed by atoms with Crippen molar-refractivity contribution in [2.45, 2.75) is 13.8 Å². The maximum atomic E-state index is 11.9. The van der Waals surface area contributed by atoms with Crippen LogP contribution in [0.4, 0.5) is 5.69 Å². The van der Waals surface area contributed by atoms with E-state index in [9.17, 15) is 4.79 Å². The van der Waals surface area contributed by atoms with Gasteiger partial charge in [0, 0.05) is 16.7 Å². The number of halogens is 1. The Morgan fingerprint density at radius 3 is 3.00 bits per heavy atom. The Balaban J connectivity index is 2.03. The lowest BCUT2D eigenvalue weighted by atomic mass is 10.2. The van der Waals surface area contributed by atoms with Crippen LogP contribution in [0.25, 0.3) is 0 Å². The van der Waals surface area contributed by atoms with Crippen LogP contribution < -0.4 is 9.64 Å². The van der Waals surface area contributed by atoms with Crippen LogP contribution >= 0.6 is 22.6 Å². The van der Waals surface area contributed by atoms with Crippen molar-refractivity contribution in [1.82, 2.24) is 0 Å². The van der Waals surface area contributed by atoms with E-state index in [1.165, 1.54) is 0 Å². The first kappa shape index (κ1) is 14.6. The minimum absolute atomic E-state index is 0.0114. The second kappa shape index (κ2) is 6.56. The Labute approximate surface area is 127 Å². The molecule has 19 heavy (non-hydrogen) atoms. The minimum Gasteiger partial charge on any atom is -0.482 e. The standard InChI is InChI=1S/C14H18INO3/c1-10(2)8-18-6-5-16-12-7-11(15)3-4-13(12)19-9-14(16)17/h3-4,7,10H,5-6,8-9H2,1-2H3. The van der Waals surface area contributed by atoms with Gasteiger partial charge in [0.2, 0.25) is 0 Å². The molecule has 1 aliphatic heterocycles. The Kier molecular flexibility index (Phi) is 5.04. The van der Waals surface area contributed by atoms with E-state index >= 15 is 0 Å². The van der Waals surface area contributed by atoms with Crippen LogP contribution in [0.15, 0.2) is 18.2 Å². The van der Waals surface area contributed by atoms with Gasteiger partial charge in [0.1, 0.15) is 5.75 Å². The molecule has 0 radical (unpaired) electrons. The number of carbonyl (C=O) groups is 1. The van der Waals surface area contributed by atoms with Gasteiger partial charge in [-0.1, -0.05) is 13.8 Å². The maximum Gasteiger partial charge on any atom is 0.265 e. The van der Waals surface area contributed by atoms with Crippen molar-refractivity contribution in [2.24, 2.45) is 5.92 Å². The normalized spacial score (nSPS) is 14.5. The summed E-state index contributed by atoms with van der Waals surface area (Å²) >= 11 is 2.23. The first-order valence-electron chi connectivity index (χ1n) is 6.38. The van der Waals surface area contributed by atoms with Gasteiger partial charge in [0.15, 0.2) is 6.61 Å². The number of ether oxygens (including phenoxy) is 2. The smallest absolute Gasteiger partial charge is 0.265 e. The highest BCUT2D eigenvalue weighted by Crippen LogP contribution is 2.33. The van der Waals surface area contributed by atoms with Gasteiger partial charge < -0.3 is 14.4 Å². The van der Waals surface area contributed by atoms with Crippen molar-refractivity contribution in [3.63, 3.8) is 0 Å². The van der Waals surface area contributed by atoms with E-state index in [1.54, 1.807) is 4.90 Å². The van der Waals surface area contributed by atoms with Crippen LogP contribution in [-0.4, -0.2) is 32.3 Å². The fourth-order valence-electron chi connectivity index (χ4n) is 1.90. The third-order valence-electron chi connectivity index (χ3n) is 2.77. The number of amides is 1. The van der Waals surface area contributed by atoms with E-state index in [4.69, 9.17) is 9.47 Å². The molecule has 0 aromatic heterocycles. The molecule has 0 spiro atoms. The molecule has 0 aliphatic carbocycles. The Hall–Kier alpha value is -0.820. The summed E-state index contributed by atoms with van der Waals surface area (Å²) in [5.74, 6) is 1.26. The lowest BCUT2D eigenvalue weighted by Crippen LogP contribution is -2.41. The summed E-state index contributed by atoms with van der Waals surface area (Å²) in [5, 5.41) is 0. The van der Waals surface area contributed by atoms with Crippen LogP contribution in [0.2, 0.25) is 0 Å². The van der Waals surface area contributed by atoms with Crippen molar-refractivity contribution < 1.29 is 14.3 Å². The molecule has 0 saturated carbocycles. The summed E-state index contributed by atoms with van der Waals surface area (Å²) in [7, 11) is 0. The van der Waals surface area contributed by atoms with Crippen molar-refractivity contribution in [3.05, 3.63) is 21.8 Å². The van der Waals surface area contributed by atoms with E-state index in [1.807, 2.05) is 18.2 Å². The molecular formula is C14H18INO3. The number of fused-ring (bicyclic) bond motifs is 1. The molecule has 1 aromatic carbocycles. The average molecular weight is 375 g/mol. The lowest BCUT2D eigenvalue weighted by Gasteiger charge is -2.29. The molecule has 0 N–H and O–H groups in total. The number of hydrogen-bond donors (Lipinski definition) is 0. The molecular weight excluding hydrogens is 357 g/mol. The zero-order valence-corrected chi connectivity index (χ0v) is 13.3. The summed E-state index contributed by atoms with van der Waals surface area (Å²) in [6, 6.07) is 5.85. The highest BCUT2D eigenvalue weighted by atomic mass is 127. The number of carbonyl (C=O) groups excluding carboxylic acids is 1. The minimum atomic E-state index is -0.0114. The number of hydrogen-bond acceptors (Lipinski definition) is 3. The second-order valence-corrected chi connectivity index (χ2v) is 6.16. The van der Waals surface area contributed by atoms with Crippen LogP contribution in [0.1, 0.15) is 13.8 Å². The molecule has 1 heterocycles. The molecule has 0 saturated heterocycles. The van der Waals surface area contributed by atoms with E-state index in [2.05, 4.69) is 36.4 Å². The quantitative estimate of drug-likeness (QED) is 0.587. The molecule has 1 aromatic rings. The monoisotopic (exact) mass is 375 g/mol. The highest BCUT2D eigenvalue weighted by Gasteiger charge is 2.25. The van der Waals surface area contributed by atoms with Crippen molar-refractivity contribution in [2.75, 3.05) is 31.3 Å². The zero-order chi connectivity index (χ0) is 13.8. The molecule has 0 unspecified atom stereocenters. The third kappa shape index (κ3) is 3.82. The fourth-order valence-corrected chi connectivity index (χ4v) is 2.37. The molecule has 5 heteroatoms. The molecule has 2 rings (SSSR count). The van der Waals surface area contributed by atoms with Gasteiger partial charge >= 0.3 is 0 Å². The van der Waals surface area contributed by atoms with Crippen LogP contribution in [0.5, 0.6) is 5.75 Å². The van der Waals surface area contributed by atoms with Gasteiger partial charge in [-0.2, -0.15) is 0 Å². The molecule has 4 nitrogen and oxygen atoms in total. The molecule has 0 bridgehead atoms. The Bertz CT molecular complexity index is 462. The first-order valence-corrected chi connectivity index (χ1v) is 7.46. The van der Waals surface area contributed by atoms with Crippen LogP contribution in [-0.2, 0) is 9.53 Å². The summed E-state index contributed by atoms with van der Waals surface area (Å²) in [4.78, 5) is 13.7. The summed E-state index contributed by atoms with van der Waals surface area (Å²) in [6.07, 6.45) is 0. The summed E-state index contributed by atoms with van der Waals surface area (Å²) in [6.45, 7) is 6.17. The summed E-state index contributed by atoms with van der Waals surface area (Å²) < 4.78 is 12.1. The van der Waals surface area contributed by atoms with Gasteiger partial charge in [-0.15, -0.1) is 0 Å². The predicted octanol–water partition coefficient (Wildman–Crippen LogP) is 2.69. The van der Waals surface area contributed by atoms with E-state index in [-0.39, 0.29) is 12.5 Å². The Morgan fingerprint density at radius 1 is 1.47 bits per heavy atom. The average Bonchev–Trinajstić information content (AvgIpc) is 2.36. The van der Waals surface area contributed by atoms with Crippen molar-refractivity contribution >= 4 is 34.2 Å². The van der Waals surface area contributed by atoms with Gasteiger partial charge in [0.05, 0.1) is 12.3 Å². The van der Waals surface area contributed by atoms with Crippen molar-refractivity contribution in [3.8, 4) is 5.75 Å². The largest absolute Gasteiger partial charge is 0.482 e. The number of nitrogens with zero attached hydrogens (tertiary/aromatic N) is 1. The molecule has 0 atom stereocenters. The van der Waals surface area contributed by atoms with Gasteiger partial charge in [0.25, 0.3) is 5.91 Å². The number of rotatable bonds is 5. The molecule has 1 amide bonds. The Morgan fingerprint density at radius 2 is 2.26 bits per heavy atom. The topological polar surface area (TPSA) is 38.8 Å². The van der Waals surface area contributed by atoms with E-state index in [0.717, 1.165) is 21.6 Å². The maximum absolute atomic E-state index is 11.9. The molecule has 1 aliphatic rings. The van der Waals surface area contributed by atoms with Crippen molar-refractivity contribution in [1.29, 1.82) is 0 Å².